The highest BCUT2D eigenvalue weighted by atomic mass is 35.5. The highest BCUT2D eigenvalue weighted by Crippen LogP contribution is 2.27. The van der Waals surface area contributed by atoms with E-state index < -0.39 is 0 Å². The second-order valence-corrected chi connectivity index (χ2v) is 7.51. The summed E-state index contributed by atoms with van der Waals surface area (Å²) in [4.78, 5) is 12.0. The molecule has 0 aliphatic heterocycles. The maximum absolute atomic E-state index is 12.0. The molecule has 0 radical (unpaired) electrons. The monoisotopic (exact) mass is 454 g/mol. The van der Waals surface area contributed by atoms with Crippen LogP contribution in [0.5, 0.6) is 11.5 Å². The van der Waals surface area contributed by atoms with Crippen LogP contribution in [0, 0.1) is 0 Å². The third-order valence-electron chi connectivity index (χ3n) is 3.83. The van der Waals surface area contributed by atoms with E-state index in [1.807, 2.05) is 24.3 Å². The highest BCUT2D eigenvalue weighted by Gasteiger charge is 2.07. The maximum Gasteiger partial charge on any atom is 0.226 e. The molecule has 2 rings (SSSR count). The number of anilines is 1. The molecule has 0 spiro atoms. The van der Waals surface area contributed by atoms with Gasteiger partial charge in [0.1, 0.15) is 11.5 Å². The van der Waals surface area contributed by atoms with Crippen molar-refractivity contribution in [3.8, 4) is 11.5 Å². The predicted octanol–water partition coefficient (Wildman–Crippen LogP) is 5.84. The van der Waals surface area contributed by atoms with Crippen LogP contribution >= 0.6 is 35.4 Å². The first-order valence-corrected chi connectivity index (χ1v) is 10.6. The molecule has 0 unspecified atom stereocenters. The second kappa shape index (κ2) is 12.5. The second-order valence-electron chi connectivity index (χ2n) is 6.26. The van der Waals surface area contributed by atoms with Crippen LogP contribution in [-0.2, 0) is 4.79 Å². The zero-order valence-corrected chi connectivity index (χ0v) is 18.5. The number of benzene rings is 2. The summed E-state index contributed by atoms with van der Waals surface area (Å²) in [5.41, 5.74) is 0.777. The van der Waals surface area contributed by atoms with E-state index in [-0.39, 0.29) is 17.4 Å². The summed E-state index contributed by atoms with van der Waals surface area (Å²) >= 11 is 17.1. The lowest BCUT2D eigenvalue weighted by Gasteiger charge is -2.11. The standard InChI is InChI=1S/C21H24Cl2N2O3S/c1-2-3-12-27-17-9-7-16(8-10-17)24-21(29)25-20(26)5-4-13-28-19-11-6-15(22)14-18(19)23/h6-11,14H,2-5,12-13H2,1H3,(H2,24,25,26,29). The van der Waals surface area contributed by atoms with Crippen molar-refractivity contribution < 1.29 is 14.3 Å². The van der Waals surface area contributed by atoms with Gasteiger partial charge in [0, 0.05) is 17.1 Å². The number of hydrogen-bond donors (Lipinski definition) is 2. The number of ether oxygens (including phenoxy) is 2. The number of unbranched alkanes of at least 4 members (excludes halogenated alkanes) is 1. The molecule has 2 aromatic carbocycles. The molecule has 0 bridgehead atoms. The van der Waals surface area contributed by atoms with Gasteiger partial charge in [-0.15, -0.1) is 0 Å². The van der Waals surface area contributed by atoms with Crippen LogP contribution in [0.3, 0.4) is 0 Å². The Hall–Kier alpha value is -2.02. The lowest BCUT2D eigenvalue weighted by Crippen LogP contribution is -2.34. The number of rotatable bonds is 10. The number of amides is 1. The smallest absolute Gasteiger partial charge is 0.226 e. The van der Waals surface area contributed by atoms with Crippen LogP contribution < -0.4 is 20.1 Å². The van der Waals surface area contributed by atoms with Gasteiger partial charge in [-0.2, -0.15) is 0 Å². The molecule has 0 aliphatic carbocycles. The van der Waals surface area contributed by atoms with Crippen LogP contribution in [-0.4, -0.2) is 24.2 Å². The van der Waals surface area contributed by atoms with Crippen molar-refractivity contribution in [1.82, 2.24) is 5.32 Å². The van der Waals surface area contributed by atoms with Crippen molar-refractivity contribution >= 4 is 52.1 Å². The van der Waals surface area contributed by atoms with Gasteiger partial charge >= 0.3 is 0 Å². The first-order chi connectivity index (χ1) is 14.0. The van der Waals surface area contributed by atoms with E-state index in [4.69, 9.17) is 44.9 Å². The summed E-state index contributed by atoms with van der Waals surface area (Å²) in [5, 5.41) is 6.86. The molecule has 0 fully saturated rings. The Morgan fingerprint density at radius 2 is 1.76 bits per heavy atom. The van der Waals surface area contributed by atoms with Gasteiger partial charge < -0.3 is 20.1 Å². The van der Waals surface area contributed by atoms with E-state index in [0.717, 1.165) is 24.3 Å². The lowest BCUT2D eigenvalue weighted by molar-refractivity contribution is -0.119. The van der Waals surface area contributed by atoms with E-state index in [1.165, 1.54) is 0 Å². The van der Waals surface area contributed by atoms with Crippen molar-refractivity contribution in [3.63, 3.8) is 0 Å². The molecule has 0 atom stereocenters. The van der Waals surface area contributed by atoms with Crippen molar-refractivity contribution in [1.29, 1.82) is 0 Å². The largest absolute Gasteiger partial charge is 0.494 e. The van der Waals surface area contributed by atoms with E-state index in [2.05, 4.69) is 17.6 Å². The van der Waals surface area contributed by atoms with Crippen molar-refractivity contribution in [3.05, 3.63) is 52.5 Å². The molecule has 29 heavy (non-hydrogen) atoms. The van der Waals surface area contributed by atoms with Crippen LogP contribution in [0.1, 0.15) is 32.6 Å². The maximum atomic E-state index is 12.0. The van der Waals surface area contributed by atoms with Gasteiger partial charge in [0.15, 0.2) is 5.11 Å². The van der Waals surface area contributed by atoms with Crippen molar-refractivity contribution in [2.24, 2.45) is 0 Å². The Bertz CT molecular complexity index is 816. The summed E-state index contributed by atoms with van der Waals surface area (Å²) in [7, 11) is 0. The summed E-state index contributed by atoms with van der Waals surface area (Å²) in [6.07, 6.45) is 2.91. The minimum Gasteiger partial charge on any atom is -0.494 e. The van der Waals surface area contributed by atoms with Gasteiger partial charge in [0.25, 0.3) is 0 Å². The van der Waals surface area contributed by atoms with Crippen molar-refractivity contribution in [2.75, 3.05) is 18.5 Å². The van der Waals surface area contributed by atoms with Crippen molar-refractivity contribution in [2.45, 2.75) is 32.6 Å². The van der Waals surface area contributed by atoms with Crippen LogP contribution in [0.2, 0.25) is 10.0 Å². The molecule has 0 heterocycles. The summed E-state index contributed by atoms with van der Waals surface area (Å²) in [6.45, 7) is 3.17. The lowest BCUT2D eigenvalue weighted by atomic mass is 10.3. The van der Waals surface area contributed by atoms with E-state index in [0.29, 0.717) is 35.4 Å². The Morgan fingerprint density at radius 1 is 1.03 bits per heavy atom. The van der Waals surface area contributed by atoms with Crippen LogP contribution in [0.25, 0.3) is 0 Å². The third kappa shape index (κ3) is 8.90. The van der Waals surface area contributed by atoms with Crippen LogP contribution in [0.15, 0.2) is 42.5 Å². The summed E-state index contributed by atoms with van der Waals surface area (Å²) in [6, 6.07) is 12.4. The van der Waals surface area contributed by atoms with Gasteiger partial charge in [-0.1, -0.05) is 36.5 Å². The third-order valence-corrected chi connectivity index (χ3v) is 4.57. The molecule has 0 aromatic heterocycles. The predicted molar refractivity (Wildman–Crippen MR) is 122 cm³/mol. The highest BCUT2D eigenvalue weighted by molar-refractivity contribution is 7.80. The first kappa shape index (κ1) is 23.3. The zero-order valence-electron chi connectivity index (χ0n) is 16.2. The molecule has 156 valence electrons. The Balaban J connectivity index is 1.66. The number of nitrogens with one attached hydrogen (secondary N) is 2. The minimum atomic E-state index is -0.187. The molecular weight excluding hydrogens is 431 g/mol. The van der Waals surface area contributed by atoms with Gasteiger partial charge in [0.2, 0.25) is 5.91 Å². The average molecular weight is 455 g/mol. The Kier molecular flexibility index (Phi) is 10.0. The molecule has 0 saturated heterocycles. The molecule has 2 aromatic rings. The molecular formula is C21H24Cl2N2O3S. The number of thiocarbonyl (C=S) groups is 1. The number of carbonyl (C=O) groups excluding carboxylic acids is 1. The molecule has 0 saturated carbocycles. The normalized spacial score (nSPS) is 10.3. The quantitative estimate of drug-likeness (QED) is 0.348. The van der Waals surface area contributed by atoms with Gasteiger partial charge in [-0.05, 0) is 67.5 Å². The topological polar surface area (TPSA) is 59.6 Å². The van der Waals surface area contributed by atoms with Gasteiger partial charge in [-0.25, -0.2) is 0 Å². The molecule has 8 heteroatoms. The number of hydrogen-bond acceptors (Lipinski definition) is 4. The number of carbonyl (C=O) groups is 1. The molecule has 5 nitrogen and oxygen atoms in total. The molecule has 1 amide bonds. The summed E-state index contributed by atoms with van der Waals surface area (Å²) < 4.78 is 11.2. The van der Waals surface area contributed by atoms with Gasteiger partial charge in [-0.3, -0.25) is 4.79 Å². The SMILES string of the molecule is CCCCOc1ccc(NC(=S)NC(=O)CCCOc2ccc(Cl)cc2Cl)cc1. The molecule has 0 aliphatic rings. The summed E-state index contributed by atoms with van der Waals surface area (Å²) in [5.74, 6) is 1.16. The fourth-order valence-corrected chi connectivity index (χ4v) is 3.02. The van der Waals surface area contributed by atoms with E-state index in [1.54, 1.807) is 18.2 Å². The Labute approximate surface area is 186 Å². The Morgan fingerprint density at radius 3 is 2.45 bits per heavy atom. The van der Waals surface area contributed by atoms with E-state index >= 15 is 0 Å². The zero-order chi connectivity index (χ0) is 21.1. The van der Waals surface area contributed by atoms with Crippen LogP contribution in [0.4, 0.5) is 5.69 Å². The average Bonchev–Trinajstić information content (AvgIpc) is 2.68. The number of halogens is 2. The fourth-order valence-electron chi connectivity index (χ4n) is 2.33. The first-order valence-electron chi connectivity index (χ1n) is 9.39. The van der Waals surface area contributed by atoms with E-state index in [9.17, 15) is 4.79 Å². The van der Waals surface area contributed by atoms with Gasteiger partial charge in [0.05, 0.1) is 18.2 Å². The fraction of sp³-hybridized carbons (Fsp3) is 0.333. The molecule has 2 N–H and O–H groups in total. The minimum absolute atomic E-state index is 0.187.